The highest BCUT2D eigenvalue weighted by molar-refractivity contribution is 7.17. The van der Waals surface area contributed by atoms with Crippen LogP contribution in [0.1, 0.15) is 41.9 Å². The van der Waals surface area contributed by atoms with Crippen LogP contribution in [0, 0.1) is 6.92 Å². The third kappa shape index (κ3) is 3.38. The van der Waals surface area contributed by atoms with Gasteiger partial charge in [-0.05, 0) is 6.92 Å². The van der Waals surface area contributed by atoms with E-state index in [1.54, 1.807) is 6.07 Å². The van der Waals surface area contributed by atoms with Crippen molar-refractivity contribution in [2.45, 2.75) is 33.1 Å². The van der Waals surface area contributed by atoms with Crippen molar-refractivity contribution in [2.75, 3.05) is 5.32 Å². The van der Waals surface area contributed by atoms with Crippen molar-refractivity contribution >= 4 is 23.1 Å². The predicted molar refractivity (Wildman–Crippen MR) is 95.4 cm³/mol. The SMILES string of the molecule is Cc1nc(-c2ccccc2)sc1C(=O)Nc1cc(C(C)(C)C)on1. The summed E-state index contributed by atoms with van der Waals surface area (Å²) in [6.07, 6.45) is 0. The first-order valence-corrected chi connectivity index (χ1v) is 8.47. The molecular formula is C18H19N3O2S. The second kappa shape index (κ2) is 6.20. The van der Waals surface area contributed by atoms with E-state index in [0.717, 1.165) is 16.3 Å². The molecule has 0 spiro atoms. The Morgan fingerprint density at radius 2 is 1.92 bits per heavy atom. The molecule has 5 nitrogen and oxygen atoms in total. The minimum Gasteiger partial charge on any atom is -0.359 e. The molecule has 124 valence electrons. The second-order valence-corrected chi connectivity index (χ2v) is 7.58. The highest BCUT2D eigenvalue weighted by Crippen LogP contribution is 2.29. The Hall–Kier alpha value is -2.47. The molecule has 3 aromatic rings. The summed E-state index contributed by atoms with van der Waals surface area (Å²) in [5.41, 5.74) is 1.55. The molecule has 0 saturated carbocycles. The zero-order valence-corrected chi connectivity index (χ0v) is 14.9. The van der Waals surface area contributed by atoms with Crippen molar-refractivity contribution in [3.8, 4) is 10.6 Å². The van der Waals surface area contributed by atoms with E-state index in [4.69, 9.17) is 4.52 Å². The van der Waals surface area contributed by atoms with Crippen molar-refractivity contribution in [1.82, 2.24) is 10.1 Å². The van der Waals surface area contributed by atoms with E-state index in [0.29, 0.717) is 16.4 Å². The summed E-state index contributed by atoms with van der Waals surface area (Å²) >= 11 is 1.37. The maximum Gasteiger partial charge on any atom is 0.268 e. The minimum atomic E-state index is -0.221. The molecule has 2 heterocycles. The third-order valence-corrected chi connectivity index (χ3v) is 4.72. The molecule has 1 aromatic carbocycles. The van der Waals surface area contributed by atoms with E-state index in [2.05, 4.69) is 15.5 Å². The summed E-state index contributed by atoms with van der Waals surface area (Å²) in [5.74, 6) is 0.920. The average Bonchev–Trinajstić information content (AvgIpc) is 3.14. The number of nitrogens with one attached hydrogen (secondary N) is 1. The number of hydrogen-bond donors (Lipinski definition) is 1. The van der Waals surface area contributed by atoms with E-state index in [1.165, 1.54) is 11.3 Å². The molecule has 1 amide bonds. The van der Waals surface area contributed by atoms with E-state index in [1.807, 2.05) is 58.0 Å². The number of carbonyl (C=O) groups is 1. The monoisotopic (exact) mass is 341 g/mol. The van der Waals surface area contributed by atoms with Crippen molar-refractivity contribution in [3.05, 3.63) is 52.7 Å². The first kappa shape index (κ1) is 16.4. The van der Waals surface area contributed by atoms with Gasteiger partial charge in [0.25, 0.3) is 5.91 Å². The number of benzene rings is 1. The van der Waals surface area contributed by atoms with Gasteiger partial charge in [-0.15, -0.1) is 11.3 Å². The Morgan fingerprint density at radius 1 is 1.21 bits per heavy atom. The van der Waals surface area contributed by atoms with Gasteiger partial charge < -0.3 is 9.84 Å². The average molecular weight is 341 g/mol. The molecule has 0 fully saturated rings. The maximum atomic E-state index is 12.5. The standard InChI is InChI=1S/C18H19N3O2S/c1-11-15(24-17(19-11)12-8-6-5-7-9-12)16(22)20-14-10-13(23-21-14)18(2,3)4/h5-10H,1-4H3,(H,20,21,22). The number of hydrogen-bond acceptors (Lipinski definition) is 5. The van der Waals surface area contributed by atoms with Crippen LogP contribution in [0.3, 0.4) is 0 Å². The van der Waals surface area contributed by atoms with Gasteiger partial charge in [0.2, 0.25) is 0 Å². The van der Waals surface area contributed by atoms with Crippen molar-refractivity contribution in [2.24, 2.45) is 0 Å². The van der Waals surface area contributed by atoms with Gasteiger partial charge in [0, 0.05) is 17.0 Å². The fourth-order valence-corrected chi connectivity index (χ4v) is 3.14. The molecule has 0 aliphatic rings. The van der Waals surface area contributed by atoms with Gasteiger partial charge in [-0.1, -0.05) is 56.3 Å². The number of thiazole rings is 1. The fraction of sp³-hybridized carbons (Fsp3) is 0.278. The summed E-state index contributed by atoms with van der Waals surface area (Å²) in [5, 5.41) is 7.53. The van der Waals surface area contributed by atoms with Gasteiger partial charge in [0.15, 0.2) is 5.82 Å². The number of carbonyl (C=O) groups excluding carboxylic acids is 1. The number of anilines is 1. The summed E-state index contributed by atoms with van der Waals surface area (Å²) < 4.78 is 5.29. The Balaban J connectivity index is 1.81. The summed E-state index contributed by atoms with van der Waals surface area (Å²) in [7, 11) is 0. The van der Waals surface area contributed by atoms with E-state index in [9.17, 15) is 4.79 Å². The summed E-state index contributed by atoms with van der Waals surface area (Å²) in [6.45, 7) is 7.91. The molecule has 24 heavy (non-hydrogen) atoms. The Kier molecular flexibility index (Phi) is 4.24. The Bertz CT molecular complexity index is 860. The van der Waals surface area contributed by atoms with E-state index < -0.39 is 0 Å². The summed E-state index contributed by atoms with van der Waals surface area (Å²) in [4.78, 5) is 17.6. The first-order chi connectivity index (χ1) is 11.3. The minimum absolute atomic E-state index is 0.156. The van der Waals surface area contributed by atoms with Crippen LogP contribution in [-0.4, -0.2) is 16.0 Å². The molecule has 0 atom stereocenters. The van der Waals surface area contributed by atoms with Gasteiger partial charge in [0.1, 0.15) is 15.6 Å². The molecule has 1 N–H and O–H groups in total. The van der Waals surface area contributed by atoms with Crippen molar-refractivity contribution in [3.63, 3.8) is 0 Å². The molecule has 6 heteroatoms. The van der Waals surface area contributed by atoms with Crippen LogP contribution in [0.15, 0.2) is 40.9 Å². The van der Waals surface area contributed by atoms with Crippen LogP contribution in [-0.2, 0) is 5.41 Å². The quantitative estimate of drug-likeness (QED) is 0.752. The number of nitrogens with zero attached hydrogens (tertiary/aromatic N) is 2. The van der Waals surface area contributed by atoms with Crippen LogP contribution in [0.25, 0.3) is 10.6 Å². The molecule has 2 aromatic heterocycles. The third-order valence-electron chi connectivity index (χ3n) is 3.51. The smallest absolute Gasteiger partial charge is 0.268 e. The zero-order valence-electron chi connectivity index (χ0n) is 14.1. The fourth-order valence-electron chi connectivity index (χ4n) is 2.17. The van der Waals surface area contributed by atoms with E-state index >= 15 is 0 Å². The topological polar surface area (TPSA) is 68.0 Å². The maximum absolute atomic E-state index is 12.5. The molecule has 0 bridgehead atoms. The highest BCUT2D eigenvalue weighted by atomic mass is 32.1. The Morgan fingerprint density at radius 3 is 2.54 bits per heavy atom. The Labute approximate surface area is 144 Å². The highest BCUT2D eigenvalue weighted by Gasteiger charge is 2.22. The molecular weight excluding hydrogens is 322 g/mol. The van der Waals surface area contributed by atoms with Crippen molar-refractivity contribution in [1.29, 1.82) is 0 Å². The summed E-state index contributed by atoms with van der Waals surface area (Å²) in [6, 6.07) is 11.6. The molecule has 0 aliphatic carbocycles. The molecule has 0 aliphatic heterocycles. The van der Waals surface area contributed by atoms with Crippen molar-refractivity contribution < 1.29 is 9.32 Å². The molecule has 0 saturated heterocycles. The predicted octanol–water partition coefficient (Wildman–Crippen LogP) is 4.66. The number of aromatic nitrogens is 2. The zero-order chi connectivity index (χ0) is 17.3. The first-order valence-electron chi connectivity index (χ1n) is 7.66. The van der Waals surface area contributed by atoms with Gasteiger partial charge >= 0.3 is 0 Å². The second-order valence-electron chi connectivity index (χ2n) is 6.58. The lowest BCUT2D eigenvalue weighted by molar-refractivity contribution is 0.102. The lowest BCUT2D eigenvalue weighted by atomic mass is 9.93. The van der Waals surface area contributed by atoms with Crippen LogP contribution in [0.2, 0.25) is 0 Å². The van der Waals surface area contributed by atoms with Crippen LogP contribution in [0.4, 0.5) is 5.82 Å². The lowest BCUT2D eigenvalue weighted by Crippen LogP contribution is -2.12. The number of amides is 1. The van der Waals surface area contributed by atoms with Gasteiger partial charge in [-0.3, -0.25) is 4.79 Å². The normalized spacial score (nSPS) is 11.5. The van der Waals surface area contributed by atoms with Gasteiger partial charge in [-0.2, -0.15) is 0 Å². The van der Waals surface area contributed by atoms with Gasteiger partial charge in [0.05, 0.1) is 5.69 Å². The molecule has 0 radical (unpaired) electrons. The number of aryl methyl sites for hydroxylation is 1. The van der Waals surface area contributed by atoms with Crippen LogP contribution >= 0.6 is 11.3 Å². The van der Waals surface area contributed by atoms with Crippen LogP contribution in [0.5, 0.6) is 0 Å². The molecule has 0 unspecified atom stereocenters. The van der Waals surface area contributed by atoms with E-state index in [-0.39, 0.29) is 11.3 Å². The lowest BCUT2D eigenvalue weighted by Gasteiger charge is -2.11. The number of rotatable bonds is 3. The van der Waals surface area contributed by atoms with Gasteiger partial charge in [-0.25, -0.2) is 4.98 Å². The van der Waals surface area contributed by atoms with Crippen LogP contribution < -0.4 is 5.32 Å². The largest absolute Gasteiger partial charge is 0.359 e. The molecule has 3 rings (SSSR count).